The summed E-state index contributed by atoms with van der Waals surface area (Å²) in [5.41, 5.74) is 6.45. The van der Waals surface area contributed by atoms with Crippen LogP contribution in [0.2, 0.25) is 0 Å². The Morgan fingerprint density at radius 3 is 2.29 bits per heavy atom. The molecule has 0 radical (unpaired) electrons. The zero-order valence-electron chi connectivity index (χ0n) is 8.30. The molecule has 1 nitrogen and oxygen atoms in total. The van der Waals surface area contributed by atoms with E-state index in [4.69, 9.17) is 5.73 Å². The molecule has 1 aromatic carbocycles. The summed E-state index contributed by atoms with van der Waals surface area (Å²) in [5, 5.41) is 0. The predicted octanol–water partition coefficient (Wildman–Crippen LogP) is 2.54. The minimum atomic E-state index is -1.03. The van der Waals surface area contributed by atoms with Gasteiger partial charge in [0, 0.05) is 0 Å². The lowest BCUT2D eigenvalue weighted by Crippen LogP contribution is -2.28. The van der Waals surface area contributed by atoms with E-state index in [0.29, 0.717) is 19.4 Å². The fourth-order valence-corrected chi connectivity index (χ4v) is 1.91. The molecule has 0 unspecified atom stereocenters. The molecule has 0 spiro atoms. The Morgan fingerprint density at radius 1 is 1.21 bits per heavy atom. The van der Waals surface area contributed by atoms with E-state index < -0.39 is 5.67 Å². The molecule has 0 bridgehead atoms. The van der Waals surface area contributed by atoms with Crippen molar-refractivity contribution in [1.82, 2.24) is 0 Å². The SMILES string of the molecule is NCCc1ccc(C2(F)CCC2)cc1. The van der Waals surface area contributed by atoms with E-state index in [9.17, 15) is 4.39 Å². The van der Waals surface area contributed by atoms with E-state index in [1.165, 1.54) is 5.56 Å². The lowest BCUT2D eigenvalue weighted by molar-refractivity contribution is 0.0609. The lowest BCUT2D eigenvalue weighted by atomic mass is 9.76. The first-order valence-electron chi connectivity index (χ1n) is 5.23. The average Bonchev–Trinajstić information content (AvgIpc) is 2.16. The fourth-order valence-electron chi connectivity index (χ4n) is 1.91. The zero-order valence-corrected chi connectivity index (χ0v) is 8.30. The van der Waals surface area contributed by atoms with Crippen molar-refractivity contribution in [2.75, 3.05) is 6.54 Å². The van der Waals surface area contributed by atoms with Gasteiger partial charge in [-0.2, -0.15) is 0 Å². The smallest absolute Gasteiger partial charge is 0.136 e. The first-order valence-corrected chi connectivity index (χ1v) is 5.23. The third-order valence-electron chi connectivity index (χ3n) is 3.05. The fraction of sp³-hybridized carbons (Fsp3) is 0.500. The zero-order chi connectivity index (χ0) is 10.0. The third-order valence-corrected chi connectivity index (χ3v) is 3.05. The van der Waals surface area contributed by atoms with E-state index in [-0.39, 0.29) is 0 Å². The maximum atomic E-state index is 13.9. The van der Waals surface area contributed by atoms with E-state index in [2.05, 4.69) is 0 Å². The molecule has 1 saturated carbocycles. The molecule has 76 valence electrons. The lowest BCUT2D eigenvalue weighted by Gasteiger charge is -2.34. The summed E-state index contributed by atoms with van der Waals surface area (Å²) >= 11 is 0. The van der Waals surface area contributed by atoms with Gasteiger partial charge in [0.15, 0.2) is 0 Å². The van der Waals surface area contributed by atoms with Crippen LogP contribution in [0.1, 0.15) is 30.4 Å². The van der Waals surface area contributed by atoms with E-state index in [0.717, 1.165) is 18.4 Å². The van der Waals surface area contributed by atoms with Crippen LogP contribution in [0, 0.1) is 0 Å². The van der Waals surface area contributed by atoms with Crippen LogP contribution < -0.4 is 5.73 Å². The van der Waals surface area contributed by atoms with Crippen molar-refractivity contribution in [3.05, 3.63) is 35.4 Å². The van der Waals surface area contributed by atoms with Crippen LogP contribution in [0.5, 0.6) is 0 Å². The molecule has 2 heteroatoms. The van der Waals surface area contributed by atoms with Gasteiger partial charge in [-0.25, -0.2) is 4.39 Å². The topological polar surface area (TPSA) is 26.0 Å². The van der Waals surface area contributed by atoms with Gasteiger partial charge in [-0.1, -0.05) is 24.3 Å². The van der Waals surface area contributed by atoms with Crippen LogP contribution in [-0.4, -0.2) is 6.54 Å². The number of nitrogens with two attached hydrogens (primary N) is 1. The standard InChI is InChI=1S/C12H16FN/c13-12(7-1-8-12)11-4-2-10(3-5-11)6-9-14/h2-5H,1,6-9,14H2. The van der Waals surface area contributed by atoms with Gasteiger partial charge in [-0.15, -0.1) is 0 Å². The van der Waals surface area contributed by atoms with Crippen LogP contribution in [0.25, 0.3) is 0 Å². The monoisotopic (exact) mass is 193 g/mol. The summed E-state index contributed by atoms with van der Waals surface area (Å²) in [4.78, 5) is 0. The van der Waals surface area contributed by atoms with Crippen LogP contribution in [0.4, 0.5) is 4.39 Å². The maximum Gasteiger partial charge on any atom is 0.136 e. The molecule has 0 heterocycles. The van der Waals surface area contributed by atoms with Crippen LogP contribution in [0.15, 0.2) is 24.3 Å². The first kappa shape index (κ1) is 9.66. The van der Waals surface area contributed by atoms with Gasteiger partial charge in [0.2, 0.25) is 0 Å². The van der Waals surface area contributed by atoms with Crippen molar-refractivity contribution >= 4 is 0 Å². The van der Waals surface area contributed by atoms with Crippen molar-refractivity contribution in [3.63, 3.8) is 0 Å². The summed E-state index contributed by atoms with van der Waals surface area (Å²) in [6.07, 6.45) is 3.26. The Hall–Kier alpha value is -0.890. The molecular weight excluding hydrogens is 177 g/mol. The quantitative estimate of drug-likeness (QED) is 0.784. The summed E-state index contributed by atoms with van der Waals surface area (Å²) in [6.45, 7) is 0.653. The minimum Gasteiger partial charge on any atom is -0.330 e. The molecule has 0 aliphatic heterocycles. The van der Waals surface area contributed by atoms with Crippen LogP contribution >= 0.6 is 0 Å². The van der Waals surface area contributed by atoms with Gasteiger partial charge in [0.25, 0.3) is 0 Å². The highest BCUT2D eigenvalue weighted by Crippen LogP contribution is 2.44. The molecular formula is C12H16FN. The molecule has 2 rings (SSSR count). The second-order valence-electron chi connectivity index (χ2n) is 4.05. The molecule has 1 aliphatic rings. The number of rotatable bonds is 3. The first-order chi connectivity index (χ1) is 6.74. The molecule has 0 atom stereocenters. The highest BCUT2D eigenvalue weighted by molar-refractivity contribution is 5.29. The highest BCUT2D eigenvalue weighted by Gasteiger charge is 2.38. The summed E-state index contributed by atoms with van der Waals surface area (Å²) < 4.78 is 13.9. The normalized spacial score (nSPS) is 19.0. The van der Waals surface area contributed by atoms with Crippen molar-refractivity contribution in [2.24, 2.45) is 5.73 Å². The minimum absolute atomic E-state index is 0.653. The van der Waals surface area contributed by atoms with Crippen molar-refractivity contribution in [2.45, 2.75) is 31.4 Å². The van der Waals surface area contributed by atoms with Crippen molar-refractivity contribution in [3.8, 4) is 0 Å². The van der Waals surface area contributed by atoms with Gasteiger partial charge in [-0.3, -0.25) is 0 Å². The maximum absolute atomic E-state index is 13.9. The molecule has 0 saturated heterocycles. The van der Waals surface area contributed by atoms with Crippen LogP contribution in [0.3, 0.4) is 0 Å². The predicted molar refractivity (Wildman–Crippen MR) is 55.8 cm³/mol. The van der Waals surface area contributed by atoms with Crippen LogP contribution in [-0.2, 0) is 12.1 Å². The molecule has 14 heavy (non-hydrogen) atoms. The van der Waals surface area contributed by atoms with Gasteiger partial charge in [0.05, 0.1) is 0 Å². The Morgan fingerprint density at radius 2 is 1.86 bits per heavy atom. The largest absolute Gasteiger partial charge is 0.330 e. The van der Waals surface area contributed by atoms with Gasteiger partial charge < -0.3 is 5.73 Å². The molecule has 1 fully saturated rings. The highest BCUT2D eigenvalue weighted by atomic mass is 19.1. The van der Waals surface area contributed by atoms with Crippen molar-refractivity contribution < 1.29 is 4.39 Å². The summed E-state index contributed by atoms with van der Waals surface area (Å²) in [6, 6.07) is 7.79. The summed E-state index contributed by atoms with van der Waals surface area (Å²) in [7, 11) is 0. The molecule has 0 amide bonds. The van der Waals surface area contributed by atoms with Gasteiger partial charge in [0.1, 0.15) is 5.67 Å². The Bertz CT molecular complexity index is 301. The molecule has 1 aromatic rings. The number of benzene rings is 1. The Kier molecular flexibility index (Phi) is 2.55. The van der Waals surface area contributed by atoms with Gasteiger partial charge in [-0.05, 0) is 43.4 Å². The second kappa shape index (κ2) is 3.70. The average molecular weight is 193 g/mol. The number of halogens is 1. The second-order valence-corrected chi connectivity index (χ2v) is 4.05. The Balaban J connectivity index is 2.13. The van der Waals surface area contributed by atoms with E-state index >= 15 is 0 Å². The third kappa shape index (κ3) is 1.67. The molecule has 1 aliphatic carbocycles. The number of alkyl halides is 1. The number of hydrogen-bond acceptors (Lipinski definition) is 1. The Labute approximate surface area is 84.1 Å². The summed E-state index contributed by atoms with van der Waals surface area (Å²) in [5.74, 6) is 0. The van der Waals surface area contributed by atoms with Crippen molar-refractivity contribution in [1.29, 1.82) is 0 Å². The number of hydrogen-bond donors (Lipinski definition) is 1. The van der Waals surface area contributed by atoms with E-state index in [1.54, 1.807) is 0 Å². The molecule has 2 N–H and O–H groups in total. The van der Waals surface area contributed by atoms with Gasteiger partial charge >= 0.3 is 0 Å². The molecule has 0 aromatic heterocycles. The van der Waals surface area contributed by atoms with E-state index in [1.807, 2.05) is 24.3 Å².